The van der Waals surface area contributed by atoms with Crippen molar-refractivity contribution in [2.45, 2.75) is 72.3 Å². The Morgan fingerprint density at radius 1 is 1.05 bits per heavy atom. The first-order valence-electron chi connectivity index (χ1n) is 8.70. The van der Waals surface area contributed by atoms with Crippen molar-refractivity contribution in [1.29, 1.82) is 0 Å². The molecule has 1 fully saturated rings. The maximum atomic E-state index is 5.83. The molecule has 0 spiro atoms. The van der Waals surface area contributed by atoms with Crippen LogP contribution in [-0.4, -0.2) is 33.8 Å². The van der Waals surface area contributed by atoms with Gasteiger partial charge < -0.3 is 9.47 Å². The molecule has 5 nitrogen and oxygen atoms in total. The predicted octanol–water partition coefficient (Wildman–Crippen LogP) is 2.83. The number of hydrogen-bond acceptors (Lipinski definition) is 4. The van der Waals surface area contributed by atoms with E-state index in [1.54, 1.807) is 0 Å². The molecule has 1 saturated carbocycles. The van der Waals surface area contributed by atoms with Crippen LogP contribution in [0.3, 0.4) is 0 Å². The summed E-state index contributed by atoms with van der Waals surface area (Å²) >= 11 is 0. The molecular formula is C17H29N3O2. The van der Waals surface area contributed by atoms with Gasteiger partial charge in [0.15, 0.2) is 0 Å². The normalized spacial score (nSPS) is 27.5. The average molecular weight is 307 g/mol. The standard InChI is InChI=1S/C17H29N3O2/c1-11(2)21-9-15-13-5-7-16-17(8-6-14(13)15)20(19-18-16)10-22-12(3)4/h11-15H,5-10H2,1-4H3. The van der Waals surface area contributed by atoms with Gasteiger partial charge in [0.1, 0.15) is 6.73 Å². The van der Waals surface area contributed by atoms with Gasteiger partial charge in [0, 0.05) is 0 Å². The quantitative estimate of drug-likeness (QED) is 0.811. The Kier molecular flexibility index (Phi) is 4.83. The summed E-state index contributed by atoms with van der Waals surface area (Å²) in [6.45, 7) is 9.79. The highest BCUT2D eigenvalue weighted by atomic mass is 16.5. The number of ether oxygens (including phenoxy) is 2. The maximum Gasteiger partial charge on any atom is 0.141 e. The molecule has 0 aromatic carbocycles. The first-order chi connectivity index (χ1) is 10.6. The van der Waals surface area contributed by atoms with E-state index < -0.39 is 0 Å². The van der Waals surface area contributed by atoms with Crippen LogP contribution in [0.2, 0.25) is 0 Å². The van der Waals surface area contributed by atoms with Gasteiger partial charge in [-0.05, 0) is 71.1 Å². The number of aromatic nitrogens is 3. The minimum atomic E-state index is 0.221. The molecular weight excluding hydrogens is 278 g/mol. The van der Waals surface area contributed by atoms with Gasteiger partial charge in [-0.25, -0.2) is 4.68 Å². The van der Waals surface area contributed by atoms with Crippen molar-refractivity contribution in [2.24, 2.45) is 17.8 Å². The predicted molar refractivity (Wildman–Crippen MR) is 84.4 cm³/mol. The summed E-state index contributed by atoms with van der Waals surface area (Å²) in [5.74, 6) is 2.44. The first-order valence-corrected chi connectivity index (χ1v) is 8.70. The number of nitrogens with zero attached hydrogens (tertiary/aromatic N) is 3. The van der Waals surface area contributed by atoms with E-state index >= 15 is 0 Å². The molecule has 22 heavy (non-hydrogen) atoms. The molecule has 124 valence electrons. The summed E-state index contributed by atoms with van der Waals surface area (Å²) in [4.78, 5) is 0. The molecule has 1 aromatic rings. The zero-order valence-corrected chi connectivity index (χ0v) is 14.3. The van der Waals surface area contributed by atoms with E-state index in [-0.39, 0.29) is 6.10 Å². The molecule has 0 radical (unpaired) electrons. The van der Waals surface area contributed by atoms with E-state index in [0.717, 1.165) is 37.2 Å². The Morgan fingerprint density at radius 3 is 2.41 bits per heavy atom. The summed E-state index contributed by atoms with van der Waals surface area (Å²) < 4.78 is 13.5. The van der Waals surface area contributed by atoms with Gasteiger partial charge in [0.2, 0.25) is 0 Å². The van der Waals surface area contributed by atoms with Crippen LogP contribution in [0.15, 0.2) is 0 Å². The van der Waals surface area contributed by atoms with Crippen molar-refractivity contribution in [3.05, 3.63) is 11.4 Å². The van der Waals surface area contributed by atoms with E-state index in [0.29, 0.717) is 12.8 Å². The largest absolute Gasteiger partial charge is 0.378 e. The molecule has 0 aliphatic heterocycles. The second-order valence-electron chi connectivity index (χ2n) is 7.28. The summed E-state index contributed by atoms with van der Waals surface area (Å²) in [7, 11) is 0. The van der Waals surface area contributed by atoms with E-state index in [1.165, 1.54) is 24.2 Å². The number of rotatable bonds is 6. The SMILES string of the molecule is CC(C)OCC1C2CCc3nnn(COC(C)C)c3CCC21. The molecule has 3 unspecified atom stereocenters. The van der Waals surface area contributed by atoms with Crippen LogP contribution in [0.1, 0.15) is 51.9 Å². The highest BCUT2D eigenvalue weighted by Gasteiger charge is 2.49. The van der Waals surface area contributed by atoms with Gasteiger partial charge in [0.25, 0.3) is 0 Å². The molecule has 5 heteroatoms. The molecule has 1 heterocycles. The second-order valence-corrected chi connectivity index (χ2v) is 7.28. The Morgan fingerprint density at radius 2 is 1.73 bits per heavy atom. The van der Waals surface area contributed by atoms with Gasteiger partial charge in [-0.2, -0.15) is 0 Å². The van der Waals surface area contributed by atoms with Crippen molar-refractivity contribution >= 4 is 0 Å². The Balaban J connectivity index is 1.59. The van der Waals surface area contributed by atoms with Crippen LogP contribution >= 0.6 is 0 Å². The van der Waals surface area contributed by atoms with Crippen LogP contribution in [-0.2, 0) is 29.0 Å². The lowest BCUT2D eigenvalue weighted by molar-refractivity contribution is 0.0195. The van der Waals surface area contributed by atoms with E-state index in [4.69, 9.17) is 9.47 Å². The van der Waals surface area contributed by atoms with Gasteiger partial charge in [-0.15, -0.1) is 5.10 Å². The van der Waals surface area contributed by atoms with Gasteiger partial charge in [-0.1, -0.05) is 5.21 Å². The first kappa shape index (κ1) is 15.9. The molecule has 3 rings (SSSR count). The number of hydrogen-bond donors (Lipinski definition) is 0. The van der Waals surface area contributed by atoms with Crippen molar-refractivity contribution in [2.75, 3.05) is 6.61 Å². The smallest absolute Gasteiger partial charge is 0.141 e. The van der Waals surface area contributed by atoms with Crippen LogP contribution in [0.4, 0.5) is 0 Å². The Hall–Kier alpha value is -0.940. The van der Waals surface area contributed by atoms with Crippen LogP contribution in [0.25, 0.3) is 0 Å². The van der Waals surface area contributed by atoms with E-state index in [2.05, 4.69) is 38.0 Å². The van der Waals surface area contributed by atoms with Crippen LogP contribution in [0, 0.1) is 17.8 Å². The van der Waals surface area contributed by atoms with Gasteiger partial charge in [0.05, 0.1) is 30.2 Å². The zero-order valence-electron chi connectivity index (χ0n) is 14.3. The topological polar surface area (TPSA) is 49.2 Å². The molecule has 0 bridgehead atoms. The highest BCUT2D eigenvalue weighted by Crippen LogP contribution is 2.52. The molecule has 2 aliphatic carbocycles. The summed E-state index contributed by atoms with van der Waals surface area (Å²) in [5.41, 5.74) is 2.47. The lowest BCUT2D eigenvalue weighted by Crippen LogP contribution is -2.13. The molecule has 3 atom stereocenters. The average Bonchev–Trinajstić information content (AvgIpc) is 2.95. The third-order valence-corrected chi connectivity index (χ3v) is 5.01. The lowest BCUT2D eigenvalue weighted by atomic mass is 10.0. The number of aryl methyl sites for hydroxylation is 1. The summed E-state index contributed by atoms with van der Waals surface area (Å²) in [6.07, 6.45) is 5.15. The minimum Gasteiger partial charge on any atom is -0.378 e. The second kappa shape index (κ2) is 6.67. The van der Waals surface area contributed by atoms with Gasteiger partial charge in [-0.3, -0.25) is 0 Å². The van der Waals surface area contributed by atoms with Crippen molar-refractivity contribution in [1.82, 2.24) is 15.0 Å². The van der Waals surface area contributed by atoms with Crippen molar-refractivity contribution in [3.8, 4) is 0 Å². The maximum absolute atomic E-state index is 5.83. The molecule has 0 saturated heterocycles. The molecule has 1 aromatic heterocycles. The fraction of sp³-hybridized carbons (Fsp3) is 0.882. The third kappa shape index (κ3) is 3.51. The molecule has 0 amide bonds. The van der Waals surface area contributed by atoms with Crippen molar-refractivity contribution in [3.63, 3.8) is 0 Å². The Labute approximate surface area is 133 Å². The Bertz CT molecular complexity index is 498. The monoisotopic (exact) mass is 307 g/mol. The fourth-order valence-electron chi connectivity index (χ4n) is 3.70. The third-order valence-electron chi connectivity index (χ3n) is 5.01. The lowest BCUT2D eigenvalue weighted by Gasteiger charge is -2.12. The number of fused-ring (bicyclic) bond motifs is 2. The molecule has 0 N–H and O–H groups in total. The van der Waals surface area contributed by atoms with E-state index in [9.17, 15) is 0 Å². The zero-order chi connectivity index (χ0) is 15.7. The summed E-state index contributed by atoms with van der Waals surface area (Å²) in [5, 5.41) is 8.68. The van der Waals surface area contributed by atoms with E-state index in [1.807, 2.05) is 4.68 Å². The van der Waals surface area contributed by atoms with Crippen LogP contribution < -0.4 is 0 Å². The van der Waals surface area contributed by atoms with Crippen LogP contribution in [0.5, 0.6) is 0 Å². The highest BCUT2D eigenvalue weighted by molar-refractivity contribution is 5.15. The minimum absolute atomic E-state index is 0.221. The summed E-state index contributed by atoms with van der Waals surface area (Å²) in [6, 6.07) is 0. The fourth-order valence-corrected chi connectivity index (χ4v) is 3.70. The molecule has 2 aliphatic rings. The van der Waals surface area contributed by atoms with Crippen molar-refractivity contribution < 1.29 is 9.47 Å². The van der Waals surface area contributed by atoms with Gasteiger partial charge >= 0.3 is 0 Å².